The lowest BCUT2D eigenvalue weighted by Crippen LogP contribution is -2.50. The van der Waals surface area contributed by atoms with E-state index in [1.165, 1.54) is 31.6 Å². The average Bonchev–Trinajstić information content (AvgIpc) is 2.82. The number of rotatable bonds is 46. The number of primary amides is 1. The maximum Gasteiger partial charge on any atom is 0.224 e. The fraction of sp³-hybridized carbons (Fsp3) is 0.639. The molecule has 21 N–H and O–H groups in total. The molecule has 0 unspecified atom stereocenters. The van der Waals surface area contributed by atoms with E-state index in [9.17, 15) is 58.2 Å². The number of ketones is 5. The second kappa shape index (κ2) is 40.3. The van der Waals surface area contributed by atoms with Crippen LogP contribution in [0, 0.1) is 47.3 Å². The molecule has 28 nitrogen and oxygen atoms in total. The van der Waals surface area contributed by atoms with Crippen LogP contribution in [0.3, 0.4) is 0 Å². The van der Waals surface area contributed by atoms with Gasteiger partial charge >= 0.3 is 0 Å². The number of nitrogens with zero attached hydrogens (tertiary/aromatic N) is 4. The molecule has 0 radical (unpaired) electrons. The number of aliphatic hydroxyl groups is 1. The topological polar surface area (TPSA) is 507 Å². The minimum Gasteiger partial charge on any atom is -0.508 e. The predicted octanol–water partition coefficient (Wildman–Crippen LogP) is 0.513. The summed E-state index contributed by atoms with van der Waals surface area (Å²) in [6, 6.07) is 1.05. The quantitative estimate of drug-likeness (QED) is 0.0244. The fourth-order valence-corrected chi connectivity index (χ4v) is 10.3. The Balaban J connectivity index is 2.60. The van der Waals surface area contributed by atoms with Gasteiger partial charge in [0, 0.05) is 93.7 Å². The Bertz CT molecular complexity index is 2710. The summed E-state index contributed by atoms with van der Waals surface area (Å²) >= 11 is 0. The van der Waals surface area contributed by atoms with Gasteiger partial charge in [-0.05, 0) is 100 Å². The van der Waals surface area contributed by atoms with Crippen LogP contribution in [0.5, 0.6) is 5.75 Å². The van der Waals surface area contributed by atoms with Gasteiger partial charge in [-0.2, -0.15) is 0 Å². The number of amides is 5. The molecule has 0 fully saturated rings. The number of nitrogens with two attached hydrogens (primary N) is 7. The number of aromatic hydroxyl groups is 1. The highest BCUT2D eigenvalue weighted by Gasteiger charge is 2.37. The summed E-state index contributed by atoms with van der Waals surface area (Å²) in [5.41, 5.74) is 40.3. The van der Waals surface area contributed by atoms with E-state index in [0.717, 1.165) is 0 Å². The van der Waals surface area contributed by atoms with Gasteiger partial charge in [-0.3, -0.25) is 58.1 Å². The minimum atomic E-state index is -1.39. The first-order chi connectivity index (χ1) is 41.9. The SMILES string of the molecule is CC[C@H](C)[C@H](CC(=O)[C@H](CO)NC(=O)[C@@H](CC(=O)[C@H](CC(C)C)NC(=O)[C@H](CCCN=C(N)N)CC(=O)[C@H](CCCN=C(N)N)NC(=O)[C@@H](CC(=O)[C@H](CCCN=C(N)N)NC(=O)[C@@H](CC(C)=O)Cc1ccc(O)cc1)Cc1cnc[nH]1)CC(C)C)C(N)=O. The van der Waals surface area contributed by atoms with Crippen molar-refractivity contribution in [1.29, 1.82) is 0 Å². The number of hydrogen-bond donors (Lipinski definition) is 14. The zero-order chi connectivity index (χ0) is 66.9. The Hall–Kier alpha value is -8.30. The number of phenols is 1. The molecule has 0 aliphatic carbocycles. The summed E-state index contributed by atoms with van der Waals surface area (Å²) in [4.78, 5) is 159. The third-order valence-corrected chi connectivity index (χ3v) is 15.3. The molecular formula is C61H100N16O12. The Morgan fingerprint density at radius 2 is 0.966 bits per heavy atom. The van der Waals surface area contributed by atoms with Gasteiger partial charge in [0.1, 0.15) is 17.6 Å². The zero-order valence-electron chi connectivity index (χ0n) is 52.8. The number of guanidine groups is 3. The van der Waals surface area contributed by atoms with Crippen LogP contribution in [0.2, 0.25) is 0 Å². The molecule has 496 valence electrons. The molecule has 2 rings (SSSR count). The largest absolute Gasteiger partial charge is 0.508 e. The van der Waals surface area contributed by atoms with Crippen LogP contribution in [0.4, 0.5) is 0 Å². The standard InChI is InChI=1S/C61H100N16O12/c1-8-36(6)45(54(62)85)30-53(84)49(32-78)77-56(87)40(22-34(2)3)28-52(83)48(23-35(4)5)76-55(86)39(12-9-19-70-59(63)64)27-50(81)46(13-10-20-71-60(65)66)75-58(89)42(26-43-31-69-33-73-43)29-51(82)47(14-11-21-72-61(67)68)74-57(88)41(24-37(7)79)25-38-15-17-44(80)18-16-38/h15-18,31,33-36,39-42,45-49,78,80H,8-14,19-30,32H2,1-7H3,(H2,62,85)(H,69,73)(H,74,88)(H,75,89)(H,76,86)(H,77,87)(H4,63,64,70)(H4,65,66,71)(H4,67,68,72)/t36-,39+,40+,41-,42+,45-,46-,47-,48-,49-/m0/s1. The first-order valence-corrected chi connectivity index (χ1v) is 30.6. The number of aliphatic imine (C=N–C) groups is 3. The third kappa shape index (κ3) is 30.5. The molecule has 0 spiro atoms. The molecule has 2 aromatic rings. The fourth-order valence-electron chi connectivity index (χ4n) is 10.3. The summed E-state index contributed by atoms with van der Waals surface area (Å²) in [7, 11) is 0. The number of aromatic amines is 1. The second-order valence-corrected chi connectivity index (χ2v) is 24.0. The summed E-state index contributed by atoms with van der Waals surface area (Å²) in [5.74, 6) is -12.3. The molecular weight excluding hydrogens is 1150 g/mol. The molecule has 0 bridgehead atoms. The monoisotopic (exact) mass is 1250 g/mol. The first-order valence-electron chi connectivity index (χ1n) is 30.6. The summed E-state index contributed by atoms with van der Waals surface area (Å²) < 4.78 is 0. The number of carbonyl (C=O) groups excluding carboxylic acids is 10. The number of nitrogens with one attached hydrogen (secondary N) is 5. The van der Waals surface area contributed by atoms with Crippen molar-refractivity contribution in [3.63, 3.8) is 0 Å². The molecule has 5 amide bonds. The molecule has 0 aliphatic rings. The summed E-state index contributed by atoms with van der Waals surface area (Å²) in [5, 5.41) is 31.2. The van der Waals surface area contributed by atoms with E-state index in [0.29, 0.717) is 17.7 Å². The number of carbonyl (C=O) groups is 10. The number of Topliss-reactive ketones (excluding diaryl/α,β-unsaturated/α-hetero) is 5. The number of imidazole rings is 1. The third-order valence-electron chi connectivity index (χ3n) is 15.3. The first kappa shape index (κ1) is 76.8. The maximum absolute atomic E-state index is 14.8. The van der Waals surface area contributed by atoms with Crippen molar-refractivity contribution >= 4 is 76.3 Å². The second-order valence-electron chi connectivity index (χ2n) is 24.0. The highest BCUT2D eigenvalue weighted by atomic mass is 16.3. The van der Waals surface area contributed by atoms with Gasteiger partial charge in [0.05, 0.1) is 37.0 Å². The highest BCUT2D eigenvalue weighted by Crippen LogP contribution is 2.25. The van der Waals surface area contributed by atoms with Gasteiger partial charge in [-0.1, -0.05) is 60.1 Å². The number of H-pyrrole nitrogens is 1. The molecule has 1 aromatic heterocycles. The van der Waals surface area contributed by atoms with Gasteiger partial charge in [0.15, 0.2) is 41.0 Å². The molecule has 0 saturated carbocycles. The van der Waals surface area contributed by atoms with Crippen LogP contribution in [0.25, 0.3) is 0 Å². The number of aromatic nitrogens is 2. The van der Waals surface area contributed by atoms with Crippen LogP contribution in [-0.4, -0.2) is 147 Å². The van der Waals surface area contributed by atoms with Gasteiger partial charge in [-0.15, -0.1) is 0 Å². The van der Waals surface area contributed by atoms with Crippen molar-refractivity contribution in [1.82, 2.24) is 31.2 Å². The van der Waals surface area contributed by atoms with Crippen LogP contribution in [0.1, 0.15) is 150 Å². The lowest BCUT2D eigenvalue weighted by atomic mass is 9.85. The molecule has 10 atom stereocenters. The van der Waals surface area contributed by atoms with Crippen molar-refractivity contribution in [3.8, 4) is 5.75 Å². The number of hydrogen-bond acceptors (Lipinski definition) is 16. The number of aliphatic hydroxyl groups excluding tert-OH is 1. The molecule has 0 saturated heterocycles. The van der Waals surface area contributed by atoms with E-state index in [1.54, 1.807) is 19.1 Å². The van der Waals surface area contributed by atoms with Gasteiger partial charge in [0.2, 0.25) is 29.5 Å². The van der Waals surface area contributed by atoms with Gasteiger partial charge in [-0.25, -0.2) is 4.98 Å². The highest BCUT2D eigenvalue weighted by molar-refractivity contribution is 5.98. The normalized spacial score (nSPS) is 14.6. The zero-order valence-corrected chi connectivity index (χ0v) is 52.8. The van der Waals surface area contributed by atoms with Gasteiger partial charge < -0.3 is 81.4 Å². The Kier molecular flexibility index (Phi) is 34.8. The maximum atomic E-state index is 14.8. The van der Waals surface area contributed by atoms with Crippen LogP contribution >= 0.6 is 0 Å². The molecule has 28 heteroatoms. The van der Waals surface area contributed by atoms with E-state index in [-0.39, 0.29) is 150 Å². The number of phenolic OH excluding ortho intramolecular Hbond substituents is 1. The predicted molar refractivity (Wildman–Crippen MR) is 337 cm³/mol. The summed E-state index contributed by atoms with van der Waals surface area (Å²) in [6.07, 6.45) is 2.45. The Morgan fingerprint density at radius 1 is 0.539 bits per heavy atom. The van der Waals surface area contributed by atoms with Crippen LogP contribution in [-0.2, 0) is 60.8 Å². The van der Waals surface area contributed by atoms with Crippen molar-refractivity contribution in [2.75, 3.05) is 26.2 Å². The van der Waals surface area contributed by atoms with E-state index < -0.39 is 126 Å². The lowest BCUT2D eigenvalue weighted by Gasteiger charge is -2.27. The van der Waals surface area contributed by atoms with E-state index in [1.807, 2.05) is 34.6 Å². The molecule has 0 aliphatic heterocycles. The van der Waals surface area contributed by atoms with E-state index in [4.69, 9.17) is 40.1 Å². The average molecular weight is 1250 g/mol. The van der Waals surface area contributed by atoms with Crippen LogP contribution in [0.15, 0.2) is 51.8 Å². The van der Waals surface area contributed by atoms with Crippen molar-refractivity contribution in [3.05, 3.63) is 48.0 Å². The van der Waals surface area contributed by atoms with Crippen LogP contribution < -0.4 is 61.4 Å². The number of benzene rings is 1. The Labute approximate surface area is 521 Å². The molecule has 1 heterocycles. The van der Waals surface area contributed by atoms with E-state index >= 15 is 0 Å². The molecule has 1 aromatic carbocycles. The Morgan fingerprint density at radius 3 is 1.42 bits per heavy atom. The minimum absolute atomic E-state index is 0.00406. The molecule has 89 heavy (non-hydrogen) atoms. The van der Waals surface area contributed by atoms with Gasteiger partial charge in [0.25, 0.3) is 0 Å². The summed E-state index contributed by atoms with van der Waals surface area (Å²) in [6.45, 7) is 11.7. The smallest absolute Gasteiger partial charge is 0.224 e. The van der Waals surface area contributed by atoms with Crippen molar-refractivity contribution < 1.29 is 58.2 Å². The van der Waals surface area contributed by atoms with E-state index in [2.05, 4.69) is 46.2 Å². The van der Waals surface area contributed by atoms with Crippen molar-refractivity contribution in [2.24, 2.45) is 102 Å². The lowest BCUT2D eigenvalue weighted by molar-refractivity contribution is -0.136. The van der Waals surface area contributed by atoms with Crippen molar-refractivity contribution in [2.45, 2.75) is 175 Å².